The number of aromatic nitrogens is 1. The Morgan fingerprint density at radius 1 is 1.15 bits per heavy atom. The third-order valence-corrected chi connectivity index (χ3v) is 6.39. The predicted octanol–water partition coefficient (Wildman–Crippen LogP) is 4.56. The summed E-state index contributed by atoms with van der Waals surface area (Å²) in [5.74, 6) is -3.29. The molecule has 172 valence electrons. The summed E-state index contributed by atoms with van der Waals surface area (Å²) < 4.78 is 18.4. The van der Waals surface area contributed by atoms with E-state index in [-0.39, 0.29) is 15.6 Å². The number of halogens is 1. The zero-order valence-corrected chi connectivity index (χ0v) is 19.0. The van der Waals surface area contributed by atoms with Gasteiger partial charge in [0.05, 0.1) is 24.4 Å². The van der Waals surface area contributed by atoms with Crippen molar-refractivity contribution < 1.29 is 28.6 Å². The minimum atomic E-state index is -1.07. The van der Waals surface area contributed by atoms with Crippen molar-refractivity contribution in [1.82, 2.24) is 4.98 Å². The number of ketones is 1. The second-order valence-electron chi connectivity index (χ2n) is 7.40. The maximum absolute atomic E-state index is 13.6. The Morgan fingerprint density at radius 2 is 1.82 bits per heavy atom. The number of nitrogens with zero attached hydrogens (tertiary/aromatic N) is 2. The largest absolute Gasteiger partial charge is 0.503 e. The van der Waals surface area contributed by atoms with Gasteiger partial charge in [0.15, 0.2) is 16.7 Å². The Balaban J connectivity index is 1.80. The van der Waals surface area contributed by atoms with Crippen LogP contribution < -0.4 is 4.90 Å². The minimum absolute atomic E-state index is 0.0959. The van der Waals surface area contributed by atoms with Gasteiger partial charge in [0, 0.05) is 0 Å². The maximum atomic E-state index is 13.6. The molecule has 0 saturated heterocycles. The second-order valence-corrected chi connectivity index (χ2v) is 8.38. The first-order valence-electron chi connectivity index (χ1n) is 10.2. The van der Waals surface area contributed by atoms with E-state index in [2.05, 4.69) is 4.98 Å². The van der Waals surface area contributed by atoms with Crippen molar-refractivity contribution in [2.75, 3.05) is 12.0 Å². The number of aliphatic hydroxyl groups excluding tert-OH is 1. The number of benzene rings is 2. The molecule has 0 saturated carbocycles. The van der Waals surface area contributed by atoms with E-state index in [1.807, 2.05) is 18.2 Å². The lowest BCUT2D eigenvalue weighted by Gasteiger charge is -2.24. The molecular weight excluding hydrogens is 459 g/mol. The number of rotatable bonds is 6. The van der Waals surface area contributed by atoms with Crippen molar-refractivity contribution >= 4 is 40.2 Å². The van der Waals surface area contributed by atoms with Gasteiger partial charge >= 0.3 is 5.97 Å². The number of ether oxygens (including phenoxy) is 1. The summed E-state index contributed by atoms with van der Waals surface area (Å²) in [7, 11) is 1.23. The van der Waals surface area contributed by atoms with Crippen LogP contribution in [0.2, 0.25) is 0 Å². The van der Waals surface area contributed by atoms with Crippen molar-refractivity contribution in [2.45, 2.75) is 13.0 Å². The summed E-state index contributed by atoms with van der Waals surface area (Å²) in [6.07, 6.45) is 2.83. The molecular formula is C25H19FN2O5S. The number of thiazole rings is 1. The van der Waals surface area contributed by atoms with Crippen LogP contribution in [0.4, 0.5) is 9.52 Å². The second kappa shape index (κ2) is 9.40. The summed E-state index contributed by atoms with van der Waals surface area (Å²) in [6, 6.07) is 13.2. The molecule has 1 N–H and O–H groups in total. The molecule has 4 rings (SSSR count). The van der Waals surface area contributed by atoms with E-state index >= 15 is 0 Å². The third kappa shape index (κ3) is 4.25. The normalized spacial score (nSPS) is 15.9. The number of hydrogen-bond acceptors (Lipinski definition) is 7. The molecule has 1 aliphatic rings. The number of aliphatic hydroxyl groups is 1. The van der Waals surface area contributed by atoms with Crippen molar-refractivity contribution in [1.29, 1.82) is 0 Å². The Bertz CT molecular complexity index is 1330. The van der Waals surface area contributed by atoms with Crippen LogP contribution in [0, 0.1) is 12.7 Å². The van der Waals surface area contributed by atoms with Gasteiger partial charge in [-0.05, 0) is 36.3 Å². The van der Waals surface area contributed by atoms with Crippen molar-refractivity contribution in [3.63, 3.8) is 0 Å². The van der Waals surface area contributed by atoms with E-state index in [4.69, 9.17) is 4.74 Å². The average Bonchev–Trinajstić information content (AvgIpc) is 3.35. The fourth-order valence-electron chi connectivity index (χ4n) is 3.61. The summed E-state index contributed by atoms with van der Waals surface area (Å²) in [5, 5.41) is 10.8. The molecule has 0 fully saturated rings. The number of aryl methyl sites for hydroxylation is 1. The van der Waals surface area contributed by atoms with E-state index < -0.39 is 35.3 Å². The summed E-state index contributed by atoms with van der Waals surface area (Å²) >= 11 is 0.899. The van der Waals surface area contributed by atoms with Crippen LogP contribution in [0.25, 0.3) is 6.08 Å². The van der Waals surface area contributed by atoms with Crippen LogP contribution in [-0.4, -0.2) is 34.9 Å². The van der Waals surface area contributed by atoms with Gasteiger partial charge in [0.2, 0.25) is 0 Å². The summed E-state index contributed by atoms with van der Waals surface area (Å²) in [6.45, 7) is 1.58. The maximum Gasteiger partial charge on any atom is 0.350 e. The number of esters is 1. The highest BCUT2D eigenvalue weighted by molar-refractivity contribution is 7.17. The topological polar surface area (TPSA) is 96.8 Å². The van der Waals surface area contributed by atoms with Crippen LogP contribution >= 0.6 is 11.3 Å². The van der Waals surface area contributed by atoms with Gasteiger partial charge in [-0.2, -0.15) is 0 Å². The highest BCUT2D eigenvalue weighted by Gasteiger charge is 2.45. The predicted molar refractivity (Wildman–Crippen MR) is 125 cm³/mol. The number of methoxy groups -OCH3 is 1. The van der Waals surface area contributed by atoms with E-state index in [0.717, 1.165) is 21.8 Å². The zero-order chi connectivity index (χ0) is 24.4. The van der Waals surface area contributed by atoms with Gasteiger partial charge in [-0.25, -0.2) is 14.2 Å². The van der Waals surface area contributed by atoms with E-state index in [0.29, 0.717) is 11.3 Å². The van der Waals surface area contributed by atoms with E-state index in [1.54, 1.807) is 25.1 Å². The smallest absolute Gasteiger partial charge is 0.350 e. The molecule has 7 nitrogen and oxygen atoms in total. The quantitative estimate of drug-likeness (QED) is 0.412. The van der Waals surface area contributed by atoms with Crippen LogP contribution in [0.3, 0.4) is 0 Å². The number of carbonyl (C=O) groups is 3. The molecule has 1 unspecified atom stereocenters. The number of allylic oxidation sites excluding steroid dienone is 1. The van der Waals surface area contributed by atoms with Gasteiger partial charge < -0.3 is 9.84 Å². The van der Waals surface area contributed by atoms with Gasteiger partial charge in [0.1, 0.15) is 10.7 Å². The molecule has 1 aromatic heterocycles. The average molecular weight is 479 g/mol. The zero-order valence-electron chi connectivity index (χ0n) is 18.2. The molecule has 0 spiro atoms. The molecule has 1 atom stereocenters. The lowest BCUT2D eigenvalue weighted by atomic mass is 9.95. The van der Waals surface area contributed by atoms with Gasteiger partial charge in [-0.1, -0.05) is 59.9 Å². The highest BCUT2D eigenvalue weighted by atomic mass is 32.1. The number of hydrogen-bond donors (Lipinski definition) is 1. The van der Waals surface area contributed by atoms with Gasteiger partial charge in [-0.3, -0.25) is 14.5 Å². The first-order chi connectivity index (χ1) is 16.3. The van der Waals surface area contributed by atoms with Gasteiger partial charge in [-0.15, -0.1) is 0 Å². The van der Waals surface area contributed by atoms with Crippen molar-refractivity contribution in [3.05, 3.63) is 99.5 Å². The van der Waals surface area contributed by atoms with Crippen molar-refractivity contribution in [2.24, 2.45) is 0 Å². The minimum Gasteiger partial charge on any atom is -0.503 e. The SMILES string of the molecule is COC(=O)c1sc(N2C(=O)C(O)=C(C(=O)C=Cc3ccccc3)C2c2ccc(F)cc2)nc1C. The molecule has 2 aromatic carbocycles. The Hall–Kier alpha value is -4.11. The highest BCUT2D eigenvalue weighted by Crippen LogP contribution is 2.43. The molecule has 3 aromatic rings. The molecule has 1 amide bonds. The molecule has 34 heavy (non-hydrogen) atoms. The molecule has 0 aliphatic carbocycles. The number of amides is 1. The third-order valence-electron chi connectivity index (χ3n) is 5.25. The van der Waals surface area contributed by atoms with Crippen LogP contribution in [-0.2, 0) is 14.3 Å². The fourth-order valence-corrected chi connectivity index (χ4v) is 4.62. The first kappa shape index (κ1) is 23.1. The summed E-state index contributed by atoms with van der Waals surface area (Å²) in [5.41, 5.74) is 1.31. The van der Waals surface area contributed by atoms with Crippen LogP contribution in [0.15, 0.2) is 72.0 Å². The Morgan fingerprint density at radius 3 is 2.47 bits per heavy atom. The lowest BCUT2D eigenvalue weighted by Crippen LogP contribution is -2.30. The number of carbonyl (C=O) groups excluding carboxylic acids is 3. The van der Waals surface area contributed by atoms with Crippen LogP contribution in [0.1, 0.15) is 32.5 Å². The monoisotopic (exact) mass is 478 g/mol. The molecule has 0 bridgehead atoms. The standard InChI is InChI=1S/C25H19FN2O5S/c1-14-22(24(32)33-2)34-25(27-14)28-20(16-9-11-17(26)12-10-16)19(21(30)23(28)31)18(29)13-8-15-6-4-3-5-7-15/h3-13,20,30H,1-2H3. The number of anilines is 1. The Labute approximate surface area is 198 Å². The van der Waals surface area contributed by atoms with E-state index in [9.17, 15) is 23.9 Å². The van der Waals surface area contributed by atoms with E-state index in [1.165, 1.54) is 37.5 Å². The fraction of sp³-hybridized carbons (Fsp3) is 0.120. The van der Waals surface area contributed by atoms with Crippen LogP contribution in [0.5, 0.6) is 0 Å². The summed E-state index contributed by atoms with van der Waals surface area (Å²) in [4.78, 5) is 44.0. The first-order valence-corrected chi connectivity index (χ1v) is 11.0. The van der Waals surface area contributed by atoms with Crippen molar-refractivity contribution in [3.8, 4) is 0 Å². The Kier molecular flexibility index (Phi) is 6.38. The molecule has 9 heteroatoms. The molecule has 0 radical (unpaired) electrons. The molecule has 2 heterocycles. The van der Waals surface area contributed by atoms with Gasteiger partial charge in [0.25, 0.3) is 5.91 Å². The molecule has 1 aliphatic heterocycles. The lowest BCUT2D eigenvalue weighted by molar-refractivity contribution is -0.117.